The first kappa shape index (κ1) is 17.5. The van der Waals surface area contributed by atoms with Crippen molar-refractivity contribution >= 4 is 5.97 Å². The van der Waals surface area contributed by atoms with Crippen molar-refractivity contribution in [3.05, 3.63) is 70.8 Å². The van der Waals surface area contributed by atoms with Crippen molar-refractivity contribution < 1.29 is 23.1 Å². The van der Waals surface area contributed by atoms with Crippen molar-refractivity contribution in [3.63, 3.8) is 0 Å². The maximum absolute atomic E-state index is 12.8. The van der Waals surface area contributed by atoms with E-state index in [0.717, 1.165) is 30.0 Å². The highest BCUT2D eigenvalue weighted by Crippen LogP contribution is 2.39. The SMILES string of the molecule is O=C(O)c1ccc(CNC2CC(c3cccc(C(F)(F)F)c3)C2)cc1. The smallest absolute Gasteiger partial charge is 0.416 e. The summed E-state index contributed by atoms with van der Waals surface area (Å²) in [6.07, 6.45) is -2.71. The van der Waals surface area contributed by atoms with Gasteiger partial charge in [-0.15, -0.1) is 0 Å². The number of carboxylic acid groups (broad SMARTS) is 1. The minimum atomic E-state index is -4.31. The second kappa shape index (κ2) is 6.88. The summed E-state index contributed by atoms with van der Waals surface area (Å²) in [4.78, 5) is 10.8. The van der Waals surface area contributed by atoms with E-state index in [4.69, 9.17) is 5.11 Å². The Kier molecular flexibility index (Phi) is 4.81. The first-order valence-electron chi connectivity index (χ1n) is 8.05. The number of carbonyl (C=O) groups is 1. The molecule has 0 aromatic heterocycles. The second-order valence-corrected chi connectivity index (χ2v) is 6.37. The minimum Gasteiger partial charge on any atom is -0.478 e. The van der Waals surface area contributed by atoms with Crippen molar-refractivity contribution in [1.29, 1.82) is 0 Å². The van der Waals surface area contributed by atoms with Gasteiger partial charge in [-0.25, -0.2) is 4.79 Å². The van der Waals surface area contributed by atoms with Crippen LogP contribution in [0.2, 0.25) is 0 Å². The summed E-state index contributed by atoms with van der Waals surface area (Å²) < 4.78 is 38.3. The third-order valence-electron chi connectivity index (χ3n) is 4.62. The maximum atomic E-state index is 12.8. The molecule has 0 unspecified atom stereocenters. The van der Waals surface area contributed by atoms with E-state index in [2.05, 4.69) is 5.32 Å². The normalized spacial score (nSPS) is 20.1. The first-order valence-corrected chi connectivity index (χ1v) is 8.05. The zero-order valence-corrected chi connectivity index (χ0v) is 13.4. The van der Waals surface area contributed by atoms with E-state index < -0.39 is 17.7 Å². The summed E-state index contributed by atoms with van der Waals surface area (Å²) in [6.45, 7) is 0.611. The van der Waals surface area contributed by atoms with Crippen LogP contribution in [0.1, 0.15) is 45.8 Å². The van der Waals surface area contributed by atoms with E-state index in [-0.39, 0.29) is 17.5 Å². The van der Waals surface area contributed by atoms with E-state index in [9.17, 15) is 18.0 Å². The molecule has 0 atom stereocenters. The van der Waals surface area contributed by atoms with Crippen molar-refractivity contribution in [2.24, 2.45) is 0 Å². The lowest BCUT2D eigenvalue weighted by Crippen LogP contribution is -2.39. The molecular weight excluding hydrogens is 331 g/mol. The van der Waals surface area contributed by atoms with Crippen LogP contribution in [-0.2, 0) is 12.7 Å². The van der Waals surface area contributed by atoms with Gasteiger partial charge in [0.15, 0.2) is 0 Å². The summed E-state index contributed by atoms with van der Waals surface area (Å²) in [5, 5.41) is 12.2. The maximum Gasteiger partial charge on any atom is 0.416 e. The molecular formula is C19H18F3NO2. The molecule has 2 N–H and O–H groups in total. The number of nitrogens with one attached hydrogen (secondary N) is 1. The van der Waals surface area contributed by atoms with Gasteiger partial charge in [-0.05, 0) is 48.1 Å². The molecule has 0 spiro atoms. The molecule has 0 saturated heterocycles. The van der Waals surface area contributed by atoms with E-state index in [1.54, 1.807) is 30.3 Å². The Morgan fingerprint density at radius 3 is 2.40 bits per heavy atom. The largest absolute Gasteiger partial charge is 0.478 e. The number of alkyl halides is 3. The van der Waals surface area contributed by atoms with Crippen LogP contribution in [0.5, 0.6) is 0 Å². The van der Waals surface area contributed by atoms with Crippen LogP contribution in [0.4, 0.5) is 13.2 Å². The van der Waals surface area contributed by atoms with Crippen LogP contribution in [0.15, 0.2) is 48.5 Å². The van der Waals surface area contributed by atoms with Crippen molar-refractivity contribution in [2.75, 3.05) is 0 Å². The molecule has 1 aliphatic carbocycles. The van der Waals surface area contributed by atoms with Crippen LogP contribution in [0, 0.1) is 0 Å². The molecule has 2 aromatic carbocycles. The van der Waals surface area contributed by atoms with Gasteiger partial charge in [-0.2, -0.15) is 13.2 Å². The Morgan fingerprint density at radius 2 is 1.80 bits per heavy atom. The Labute approximate surface area is 143 Å². The van der Waals surface area contributed by atoms with Crippen LogP contribution >= 0.6 is 0 Å². The third kappa shape index (κ3) is 4.20. The van der Waals surface area contributed by atoms with Gasteiger partial charge in [0.05, 0.1) is 11.1 Å². The van der Waals surface area contributed by atoms with Gasteiger partial charge in [-0.1, -0.05) is 30.3 Å². The van der Waals surface area contributed by atoms with Crippen LogP contribution < -0.4 is 5.32 Å². The number of hydrogen-bond donors (Lipinski definition) is 2. The van der Waals surface area contributed by atoms with E-state index in [0.29, 0.717) is 6.54 Å². The number of benzene rings is 2. The quantitative estimate of drug-likeness (QED) is 0.839. The standard InChI is InChI=1S/C19H18F3NO2/c20-19(21,22)16-3-1-2-14(8-16)15-9-17(10-15)23-11-12-4-6-13(7-5-12)18(24)25/h1-8,15,17,23H,9-11H2,(H,24,25). The highest BCUT2D eigenvalue weighted by atomic mass is 19.4. The Balaban J connectivity index is 1.50. The number of rotatable bonds is 5. The fraction of sp³-hybridized carbons (Fsp3) is 0.316. The number of halogens is 3. The first-order chi connectivity index (χ1) is 11.8. The third-order valence-corrected chi connectivity index (χ3v) is 4.62. The molecule has 1 aliphatic rings. The van der Waals surface area contributed by atoms with Gasteiger partial charge in [0.2, 0.25) is 0 Å². The lowest BCUT2D eigenvalue weighted by atomic mass is 9.75. The molecule has 2 aromatic rings. The molecule has 6 heteroatoms. The van der Waals surface area contributed by atoms with Gasteiger partial charge in [0, 0.05) is 12.6 Å². The monoisotopic (exact) mass is 349 g/mol. The fourth-order valence-corrected chi connectivity index (χ4v) is 3.05. The summed E-state index contributed by atoms with van der Waals surface area (Å²) in [6, 6.07) is 12.5. The highest BCUT2D eigenvalue weighted by molar-refractivity contribution is 5.87. The molecule has 132 valence electrons. The van der Waals surface area contributed by atoms with Gasteiger partial charge < -0.3 is 10.4 Å². The summed E-state index contributed by atoms with van der Waals surface area (Å²) in [5.41, 5.74) is 1.36. The van der Waals surface area contributed by atoms with Gasteiger partial charge in [0.25, 0.3) is 0 Å². The lowest BCUT2D eigenvalue weighted by Gasteiger charge is -2.36. The molecule has 0 aliphatic heterocycles. The predicted molar refractivity (Wildman–Crippen MR) is 87.4 cm³/mol. The molecule has 0 bridgehead atoms. The number of hydrogen-bond acceptors (Lipinski definition) is 2. The molecule has 1 saturated carbocycles. The van der Waals surface area contributed by atoms with Gasteiger partial charge in [0.1, 0.15) is 0 Å². The Bertz CT molecular complexity index is 750. The zero-order valence-electron chi connectivity index (χ0n) is 13.4. The summed E-state index contributed by atoms with van der Waals surface area (Å²) in [5.74, 6) is -0.809. The Morgan fingerprint density at radius 1 is 1.12 bits per heavy atom. The lowest BCUT2D eigenvalue weighted by molar-refractivity contribution is -0.137. The predicted octanol–water partition coefficient (Wildman–Crippen LogP) is 4.44. The number of aromatic carboxylic acids is 1. The van der Waals surface area contributed by atoms with Crippen molar-refractivity contribution in [3.8, 4) is 0 Å². The molecule has 3 nitrogen and oxygen atoms in total. The van der Waals surface area contributed by atoms with Crippen LogP contribution in [0.25, 0.3) is 0 Å². The molecule has 25 heavy (non-hydrogen) atoms. The molecule has 3 rings (SSSR count). The molecule has 0 heterocycles. The van der Waals surface area contributed by atoms with Crippen molar-refractivity contribution in [2.45, 2.75) is 37.5 Å². The topological polar surface area (TPSA) is 49.3 Å². The molecule has 1 fully saturated rings. The van der Waals surface area contributed by atoms with Gasteiger partial charge >= 0.3 is 12.1 Å². The highest BCUT2D eigenvalue weighted by Gasteiger charge is 2.34. The average molecular weight is 349 g/mol. The summed E-state index contributed by atoms with van der Waals surface area (Å²) >= 11 is 0. The van der Waals surface area contributed by atoms with Crippen molar-refractivity contribution in [1.82, 2.24) is 5.32 Å². The average Bonchev–Trinajstić information content (AvgIpc) is 2.53. The van der Waals surface area contributed by atoms with E-state index >= 15 is 0 Å². The molecule has 0 amide bonds. The molecule has 0 radical (unpaired) electrons. The number of carboxylic acids is 1. The fourth-order valence-electron chi connectivity index (χ4n) is 3.05. The van der Waals surface area contributed by atoms with E-state index in [1.165, 1.54) is 12.1 Å². The van der Waals surface area contributed by atoms with Gasteiger partial charge in [-0.3, -0.25) is 0 Å². The minimum absolute atomic E-state index is 0.147. The summed E-state index contributed by atoms with van der Waals surface area (Å²) in [7, 11) is 0. The second-order valence-electron chi connectivity index (χ2n) is 6.37. The van der Waals surface area contributed by atoms with Crippen LogP contribution in [0.3, 0.4) is 0 Å². The van der Waals surface area contributed by atoms with E-state index in [1.807, 2.05) is 0 Å². The van der Waals surface area contributed by atoms with Crippen LogP contribution in [-0.4, -0.2) is 17.1 Å². The zero-order chi connectivity index (χ0) is 18.0. The Hall–Kier alpha value is -2.34.